The number of aryl methyl sites for hydroxylation is 1. The summed E-state index contributed by atoms with van der Waals surface area (Å²) in [5, 5.41) is 1.09. The van der Waals surface area contributed by atoms with Crippen LogP contribution in [0.4, 0.5) is 11.4 Å². The first-order valence-corrected chi connectivity index (χ1v) is 7.05. The molecule has 0 saturated heterocycles. The summed E-state index contributed by atoms with van der Waals surface area (Å²) < 4.78 is 0. The summed E-state index contributed by atoms with van der Waals surface area (Å²) in [5.74, 6) is 0. The lowest BCUT2D eigenvalue weighted by molar-refractivity contribution is 0.918. The van der Waals surface area contributed by atoms with E-state index in [0.29, 0.717) is 0 Å². The van der Waals surface area contributed by atoms with Gasteiger partial charge in [0, 0.05) is 30.9 Å². The number of nitrogens with zero attached hydrogens (tertiary/aromatic N) is 2. The fraction of sp³-hybridized carbons (Fsp3) is 0.167. The molecule has 21 heavy (non-hydrogen) atoms. The Bertz CT molecular complexity index is 780. The molecule has 0 bridgehead atoms. The second kappa shape index (κ2) is 5.44. The maximum atomic E-state index is 6.02. The molecule has 1 aromatic heterocycles. The normalized spacial score (nSPS) is 10.8. The van der Waals surface area contributed by atoms with Crippen molar-refractivity contribution in [2.45, 2.75) is 13.5 Å². The summed E-state index contributed by atoms with van der Waals surface area (Å²) in [4.78, 5) is 6.64. The third kappa shape index (κ3) is 2.55. The molecule has 1 heterocycles. The minimum Gasteiger partial charge on any atom is -0.397 e. The van der Waals surface area contributed by atoms with Crippen LogP contribution in [0.25, 0.3) is 10.9 Å². The number of para-hydroxylation sites is 1. The Morgan fingerprint density at radius 2 is 1.86 bits per heavy atom. The van der Waals surface area contributed by atoms with Crippen LogP contribution >= 0.6 is 0 Å². The molecule has 0 unspecified atom stereocenters. The topological polar surface area (TPSA) is 42.2 Å². The van der Waals surface area contributed by atoms with Gasteiger partial charge in [-0.15, -0.1) is 0 Å². The molecule has 0 aliphatic rings. The van der Waals surface area contributed by atoms with Gasteiger partial charge in [0.25, 0.3) is 0 Å². The zero-order chi connectivity index (χ0) is 14.8. The Balaban J connectivity index is 2.01. The number of rotatable bonds is 3. The van der Waals surface area contributed by atoms with Gasteiger partial charge < -0.3 is 10.6 Å². The standard InChI is InChI=1S/C18H19N3/c1-13-6-3-4-7-14(13)12-21(2)17-10-11-20-18-15(17)8-5-9-16(18)19/h3-11H,12,19H2,1-2H3. The van der Waals surface area contributed by atoms with Crippen LogP contribution in [0.5, 0.6) is 0 Å². The molecule has 3 aromatic rings. The van der Waals surface area contributed by atoms with Crippen molar-refractivity contribution in [2.24, 2.45) is 0 Å². The van der Waals surface area contributed by atoms with Crippen LogP contribution in [0.15, 0.2) is 54.7 Å². The fourth-order valence-corrected chi connectivity index (χ4v) is 2.65. The van der Waals surface area contributed by atoms with E-state index in [1.807, 2.05) is 24.4 Å². The second-order valence-electron chi connectivity index (χ2n) is 5.36. The van der Waals surface area contributed by atoms with Gasteiger partial charge in [-0.3, -0.25) is 4.98 Å². The smallest absolute Gasteiger partial charge is 0.0951 e. The number of nitrogens with two attached hydrogens (primary N) is 1. The van der Waals surface area contributed by atoms with E-state index < -0.39 is 0 Å². The average molecular weight is 277 g/mol. The van der Waals surface area contributed by atoms with Crippen molar-refractivity contribution in [3.05, 3.63) is 65.9 Å². The molecule has 0 radical (unpaired) electrons. The summed E-state index contributed by atoms with van der Waals surface area (Å²) >= 11 is 0. The van der Waals surface area contributed by atoms with Crippen molar-refractivity contribution in [3.63, 3.8) is 0 Å². The van der Waals surface area contributed by atoms with Crippen molar-refractivity contribution in [2.75, 3.05) is 17.7 Å². The summed E-state index contributed by atoms with van der Waals surface area (Å²) in [5.41, 5.74) is 11.4. The zero-order valence-electron chi connectivity index (χ0n) is 12.4. The molecule has 0 amide bonds. The van der Waals surface area contributed by atoms with E-state index in [4.69, 9.17) is 5.73 Å². The summed E-state index contributed by atoms with van der Waals surface area (Å²) in [6, 6.07) is 16.4. The van der Waals surface area contributed by atoms with E-state index in [1.54, 1.807) is 0 Å². The number of anilines is 2. The number of benzene rings is 2. The lowest BCUT2D eigenvalue weighted by Crippen LogP contribution is -2.17. The summed E-state index contributed by atoms with van der Waals surface area (Å²) in [6.45, 7) is 3.01. The van der Waals surface area contributed by atoms with E-state index in [1.165, 1.54) is 11.1 Å². The van der Waals surface area contributed by atoms with Gasteiger partial charge in [-0.25, -0.2) is 0 Å². The Morgan fingerprint density at radius 3 is 2.67 bits per heavy atom. The zero-order valence-corrected chi connectivity index (χ0v) is 12.4. The Morgan fingerprint density at radius 1 is 1.05 bits per heavy atom. The van der Waals surface area contributed by atoms with Gasteiger partial charge in [0.2, 0.25) is 0 Å². The predicted octanol–water partition coefficient (Wildman–Crippen LogP) is 3.76. The molecule has 2 N–H and O–H groups in total. The van der Waals surface area contributed by atoms with Gasteiger partial charge in [0.05, 0.1) is 11.2 Å². The molecule has 3 rings (SSSR count). The van der Waals surface area contributed by atoms with Crippen molar-refractivity contribution in [1.82, 2.24) is 4.98 Å². The monoisotopic (exact) mass is 277 g/mol. The number of pyridine rings is 1. The van der Waals surface area contributed by atoms with Crippen LogP contribution in [-0.2, 0) is 6.54 Å². The third-order valence-electron chi connectivity index (χ3n) is 3.86. The summed E-state index contributed by atoms with van der Waals surface area (Å²) in [7, 11) is 2.10. The minimum absolute atomic E-state index is 0.721. The molecule has 3 nitrogen and oxygen atoms in total. The molecular formula is C18H19N3. The Kier molecular flexibility index (Phi) is 3.48. The maximum Gasteiger partial charge on any atom is 0.0951 e. The van der Waals surface area contributed by atoms with E-state index in [0.717, 1.165) is 28.8 Å². The highest BCUT2D eigenvalue weighted by Gasteiger charge is 2.09. The molecule has 0 spiro atoms. The van der Waals surface area contributed by atoms with Crippen molar-refractivity contribution >= 4 is 22.3 Å². The van der Waals surface area contributed by atoms with Crippen LogP contribution in [-0.4, -0.2) is 12.0 Å². The van der Waals surface area contributed by atoms with E-state index >= 15 is 0 Å². The van der Waals surface area contributed by atoms with Gasteiger partial charge in [-0.05, 0) is 30.2 Å². The molecule has 0 aliphatic heterocycles. The minimum atomic E-state index is 0.721. The van der Waals surface area contributed by atoms with Gasteiger partial charge in [-0.1, -0.05) is 36.4 Å². The lowest BCUT2D eigenvalue weighted by Gasteiger charge is -2.22. The molecule has 0 fully saturated rings. The van der Waals surface area contributed by atoms with Crippen LogP contribution in [0.2, 0.25) is 0 Å². The van der Waals surface area contributed by atoms with E-state index in [2.05, 4.69) is 54.2 Å². The molecule has 0 saturated carbocycles. The quantitative estimate of drug-likeness (QED) is 0.741. The predicted molar refractivity (Wildman–Crippen MR) is 89.4 cm³/mol. The first-order chi connectivity index (χ1) is 10.2. The average Bonchev–Trinajstić information content (AvgIpc) is 2.49. The third-order valence-corrected chi connectivity index (χ3v) is 3.86. The maximum absolute atomic E-state index is 6.02. The number of hydrogen-bond acceptors (Lipinski definition) is 3. The highest BCUT2D eigenvalue weighted by Crippen LogP contribution is 2.28. The van der Waals surface area contributed by atoms with Crippen LogP contribution in [0, 0.1) is 6.92 Å². The largest absolute Gasteiger partial charge is 0.397 e. The molecular weight excluding hydrogens is 258 g/mol. The molecule has 2 aromatic carbocycles. The number of fused-ring (bicyclic) bond motifs is 1. The van der Waals surface area contributed by atoms with E-state index in [9.17, 15) is 0 Å². The van der Waals surface area contributed by atoms with E-state index in [-0.39, 0.29) is 0 Å². The van der Waals surface area contributed by atoms with Crippen molar-refractivity contribution < 1.29 is 0 Å². The molecule has 3 heteroatoms. The number of aromatic nitrogens is 1. The van der Waals surface area contributed by atoms with Crippen molar-refractivity contribution in [3.8, 4) is 0 Å². The van der Waals surface area contributed by atoms with Crippen LogP contribution in [0.3, 0.4) is 0 Å². The van der Waals surface area contributed by atoms with Crippen LogP contribution < -0.4 is 10.6 Å². The molecule has 0 aliphatic carbocycles. The highest BCUT2D eigenvalue weighted by atomic mass is 15.1. The second-order valence-corrected chi connectivity index (χ2v) is 5.36. The number of hydrogen-bond donors (Lipinski definition) is 1. The van der Waals surface area contributed by atoms with Crippen molar-refractivity contribution in [1.29, 1.82) is 0 Å². The Labute approximate surface area is 125 Å². The van der Waals surface area contributed by atoms with Crippen LogP contribution in [0.1, 0.15) is 11.1 Å². The fourth-order valence-electron chi connectivity index (χ4n) is 2.65. The SMILES string of the molecule is Cc1ccccc1CN(C)c1ccnc2c(N)cccc12. The van der Waals surface area contributed by atoms with Gasteiger partial charge in [0.15, 0.2) is 0 Å². The molecule has 0 atom stereocenters. The number of nitrogen functional groups attached to an aromatic ring is 1. The first-order valence-electron chi connectivity index (χ1n) is 7.05. The van der Waals surface area contributed by atoms with Gasteiger partial charge >= 0.3 is 0 Å². The highest BCUT2D eigenvalue weighted by molar-refractivity contribution is 5.97. The Hall–Kier alpha value is -2.55. The lowest BCUT2D eigenvalue weighted by atomic mass is 10.1. The van der Waals surface area contributed by atoms with Gasteiger partial charge in [0.1, 0.15) is 0 Å². The first kappa shape index (κ1) is 13.4. The molecule has 106 valence electrons. The van der Waals surface area contributed by atoms with Gasteiger partial charge in [-0.2, -0.15) is 0 Å². The summed E-state index contributed by atoms with van der Waals surface area (Å²) in [6.07, 6.45) is 1.82.